The summed E-state index contributed by atoms with van der Waals surface area (Å²) in [6.45, 7) is 1.50. The summed E-state index contributed by atoms with van der Waals surface area (Å²) in [5.41, 5.74) is -0.925. The molecule has 0 radical (unpaired) electrons. The highest BCUT2D eigenvalue weighted by atomic mass is 35.5. The third-order valence-electron chi connectivity index (χ3n) is 2.46. The third-order valence-corrected chi connectivity index (χ3v) is 3.08. The van der Waals surface area contributed by atoms with Crippen molar-refractivity contribution in [3.8, 4) is 0 Å². The molecule has 2 unspecified atom stereocenters. The number of hydrogen-bond acceptors (Lipinski definition) is 2. The standard InChI is InChI=1S/C9H15ClO2/c1-7(11)6-9(12)5-3-2-4-8(9)10/h8,12H,2-6H2,1H3. The SMILES string of the molecule is CC(=O)CC1(O)CCCCC1Cl. The van der Waals surface area contributed by atoms with Crippen LogP contribution in [0.15, 0.2) is 0 Å². The molecule has 2 nitrogen and oxygen atoms in total. The molecule has 0 aromatic carbocycles. The van der Waals surface area contributed by atoms with Gasteiger partial charge < -0.3 is 5.11 Å². The summed E-state index contributed by atoms with van der Waals surface area (Å²) in [4.78, 5) is 10.8. The van der Waals surface area contributed by atoms with Crippen LogP contribution in [0.5, 0.6) is 0 Å². The second-order valence-corrected chi connectivity index (χ2v) is 4.22. The van der Waals surface area contributed by atoms with Crippen molar-refractivity contribution in [2.75, 3.05) is 0 Å². The Balaban J connectivity index is 2.59. The largest absolute Gasteiger partial charge is 0.388 e. The Labute approximate surface area is 77.9 Å². The highest BCUT2D eigenvalue weighted by molar-refractivity contribution is 6.21. The molecule has 12 heavy (non-hydrogen) atoms. The van der Waals surface area contributed by atoms with Gasteiger partial charge in [0, 0.05) is 6.42 Å². The van der Waals surface area contributed by atoms with Gasteiger partial charge in [0.2, 0.25) is 0 Å². The minimum absolute atomic E-state index is 0.0186. The van der Waals surface area contributed by atoms with E-state index in [2.05, 4.69) is 0 Å². The van der Waals surface area contributed by atoms with Gasteiger partial charge in [0.15, 0.2) is 0 Å². The van der Waals surface area contributed by atoms with E-state index in [1.54, 1.807) is 0 Å². The maximum Gasteiger partial charge on any atom is 0.132 e. The highest BCUT2D eigenvalue weighted by Crippen LogP contribution is 2.34. The molecule has 0 aromatic heterocycles. The van der Waals surface area contributed by atoms with Crippen molar-refractivity contribution in [3.05, 3.63) is 0 Å². The first kappa shape index (κ1) is 10.0. The number of carbonyl (C=O) groups is 1. The molecule has 1 saturated carbocycles. The van der Waals surface area contributed by atoms with Crippen molar-refractivity contribution in [3.63, 3.8) is 0 Å². The van der Waals surface area contributed by atoms with E-state index < -0.39 is 5.60 Å². The molecular formula is C9H15ClO2. The van der Waals surface area contributed by atoms with E-state index >= 15 is 0 Å². The monoisotopic (exact) mass is 190 g/mol. The lowest BCUT2D eigenvalue weighted by Crippen LogP contribution is -2.43. The number of aliphatic hydroxyl groups is 1. The van der Waals surface area contributed by atoms with Gasteiger partial charge in [0.1, 0.15) is 5.78 Å². The van der Waals surface area contributed by atoms with Crippen LogP contribution in [0.25, 0.3) is 0 Å². The quantitative estimate of drug-likeness (QED) is 0.676. The van der Waals surface area contributed by atoms with Gasteiger partial charge in [-0.25, -0.2) is 0 Å². The predicted octanol–water partition coefficient (Wildman–Crippen LogP) is 1.88. The zero-order valence-corrected chi connectivity index (χ0v) is 8.10. The van der Waals surface area contributed by atoms with E-state index in [4.69, 9.17) is 11.6 Å². The van der Waals surface area contributed by atoms with Crippen molar-refractivity contribution < 1.29 is 9.90 Å². The fourth-order valence-corrected chi connectivity index (χ4v) is 2.15. The van der Waals surface area contributed by atoms with Crippen LogP contribution in [0.2, 0.25) is 0 Å². The van der Waals surface area contributed by atoms with E-state index in [0.29, 0.717) is 6.42 Å². The van der Waals surface area contributed by atoms with Crippen LogP contribution < -0.4 is 0 Å². The molecule has 0 spiro atoms. The molecule has 0 amide bonds. The minimum atomic E-state index is -0.925. The number of hydrogen-bond donors (Lipinski definition) is 1. The Morgan fingerprint density at radius 1 is 1.67 bits per heavy atom. The number of alkyl halides is 1. The van der Waals surface area contributed by atoms with Crippen molar-refractivity contribution in [2.45, 2.75) is 50.0 Å². The fourth-order valence-electron chi connectivity index (χ4n) is 1.81. The topological polar surface area (TPSA) is 37.3 Å². The predicted molar refractivity (Wildman–Crippen MR) is 48.4 cm³/mol. The van der Waals surface area contributed by atoms with Gasteiger partial charge in [-0.2, -0.15) is 0 Å². The van der Waals surface area contributed by atoms with Crippen molar-refractivity contribution in [1.82, 2.24) is 0 Å². The molecule has 0 aliphatic heterocycles. The van der Waals surface area contributed by atoms with Crippen LogP contribution in [0.1, 0.15) is 39.0 Å². The number of halogens is 1. The van der Waals surface area contributed by atoms with Crippen molar-refractivity contribution in [1.29, 1.82) is 0 Å². The van der Waals surface area contributed by atoms with E-state index in [1.165, 1.54) is 6.92 Å². The summed E-state index contributed by atoms with van der Waals surface area (Å²) in [6.07, 6.45) is 3.74. The molecule has 1 aliphatic carbocycles. The molecule has 2 atom stereocenters. The fraction of sp³-hybridized carbons (Fsp3) is 0.889. The van der Waals surface area contributed by atoms with Gasteiger partial charge >= 0.3 is 0 Å². The van der Waals surface area contributed by atoms with Crippen molar-refractivity contribution >= 4 is 17.4 Å². The van der Waals surface area contributed by atoms with Crippen LogP contribution >= 0.6 is 11.6 Å². The Bertz CT molecular complexity index is 181. The Hall–Kier alpha value is -0.0800. The molecule has 0 bridgehead atoms. The first-order valence-electron chi connectivity index (χ1n) is 4.40. The average Bonchev–Trinajstić information content (AvgIpc) is 1.94. The highest BCUT2D eigenvalue weighted by Gasteiger charge is 2.38. The van der Waals surface area contributed by atoms with Crippen molar-refractivity contribution in [2.24, 2.45) is 0 Å². The van der Waals surface area contributed by atoms with Crippen LogP contribution in [0.3, 0.4) is 0 Å². The molecule has 0 saturated heterocycles. The van der Waals surface area contributed by atoms with E-state index in [1.807, 2.05) is 0 Å². The number of carbonyl (C=O) groups excluding carboxylic acids is 1. The molecule has 1 rings (SSSR count). The van der Waals surface area contributed by atoms with E-state index in [9.17, 15) is 9.90 Å². The van der Waals surface area contributed by atoms with Crippen LogP contribution in [0, 0.1) is 0 Å². The summed E-state index contributed by atoms with van der Waals surface area (Å²) in [6, 6.07) is 0. The summed E-state index contributed by atoms with van der Waals surface area (Å²) >= 11 is 5.97. The Kier molecular flexibility index (Phi) is 3.13. The third kappa shape index (κ3) is 2.20. The lowest BCUT2D eigenvalue weighted by molar-refractivity contribution is -0.123. The van der Waals surface area contributed by atoms with E-state index in [-0.39, 0.29) is 17.6 Å². The molecule has 1 N–H and O–H groups in total. The lowest BCUT2D eigenvalue weighted by Gasteiger charge is -2.35. The van der Waals surface area contributed by atoms with Gasteiger partial charge in [-0.1, -0.05) is 12.8 Å². The second kappa shape index (κ2) is 3.75. The van der Waals surface area contributed by atoms with Gasteiger partial charge in [0.25, 0.3) is 0 Å². The maximum absolute atomic E-state index is 10.8. The maximum atomic E-state index is 10.8. The Morgan fingerprint density at radius 2 is 2.33 bits per heavy atom. The summed E-state index contributed by atoms with van der Waals surface area (Å²) < 4.78 is 0. The number of ketones is 1. The minimum Gasteiger partial charge on any atom is -0.388 e. The van der Waals surface area contributed by atoms with Gasteiger partial charge in [0.05, 0.1) is 11.0 Å². The molecular weight excluding hydrogens is 176 g/mol. The molecule has 3 heteroatoms. The average molecular weight is 191 g/mol. The van der Waals surface area contributed by atoms with Gasteiger partial charge in [-0.05, 0) is 19.8 Å². The lowest BCUT2D eigenvalue weighted by atomic mass is 9.81. The first-order valence-corrected chi connectivity index (χ1v) is 4.84. The van der Waals surface area contributed by atoms with Gasteiger partial charge in [-0.15, -0.1) is 11.6 Å². The zero-order chi connectivity index (χ0) is 9.19. The zero-order valence-electron chi connectivity index (χ0n) is 7.35. The van der Waals surface area contributed by atoms with Crippen LogP contribution in [-0.4, -0.2) is 21.9 Å². The summed E-state index contributed by atoms with van der Waals surface area (Å²) in [5, 5.41) is 9.72. The molecule has 1 aliphatic rings. The number of Topliss-reactive ketones (excluding diaryl/α,β-unsaturated/α-hetero) is 1. The molecule has 1 fully saturated rings. The van der Waals surface area contributed by atoms with Crippen LogP contribution in [-0.2, 0) is 4.79 Å². The Morgan fingerprint density at radius 3 is 2.83 bits per heavy atom. The normalized spacial score (nSPS) is 36.4. The first-order chi connectivity index (χ1) is 5.54. The molecule has 70 valence electrons. The smallest absolute Gasteiger partial charge is 0.132 e. The van der Waals surface area contributed by atoms with E-state index in [0.717, 1.165) is 19.3 Å². The second-order valence-electron chi connectivity index (χ2n) is 3.70. The molecule has 0 aromatic rings. The van der Waals surface area contributed by atoms with Crippen LogP contribution in [0.4, 0.5) is 0 Å². The molecule has 0 heterocycles. The summed E-state index contributed by atoms with van der Waals surface area (Å²) in [7, 11) is 0. The number of rotatable bonds is 2. The summed E-state index contributed by atoms with van der Waals surface area (Å²) in [5.74, 6) is 0.0186. The van der Waals surface area contributed by atoms with Gasteiger partial charge in [-0.3, -0.25) is 4.79 Å².